The highest BCUT2D eigenvalue weighted by Crippen LogP contribution is 2.27. The first-order valence-corrected chi connectivity index (χ1v) is 9.34. The fraction of sp³-hybridized carbons (Fsp3) is 0.118. The molecular weight excluding hydrogens is 358 g/mol. The van der Waals surface area contributed by atoms with Crippen LogP contribution in [0.5, 0.6) is 5.75 Å². The van der Waals surface area contributed by atoms with Gasteiger partial charge in [-0.1, -0.05) is 5.21 Å². The van der Waals surface area contributed by atoms with Crippen LogP contribution in [0.15, 0.2) is 53.4 Å². The summed E-state index contributed by atoms with van der Waals surface area (Å²) in [6, 6.07) is 12.8. The molecule has 0 aliphatic rings. The molecule has 0 radical (unpaired) electrons. The molecule has 3 aromatic rings. The molecule has 0 saturated carbocycles. The fourth-order valence-electron chi connectivity index (χ4n) is 2.45. The number of ether oxygens (including phenoxy) is 1. The number of methoxy groups -OCH3 is 1. The summed E-state index contributed by atoms with van der Waals surface area (Å²) in [5, 5.41) is 17.1. The monoisotopic (exact) mass is 373 g/mol. The Bertz CT molecular complexity index is 1050. The van der Waals surface area contributed by atoms with Gasteiger partial charge in [0.15, 0.2) is 15.5 Å². The van der Waals surface area contributed by atoms with Crippen LogP contribution in [-0.2, 0) is 9.84 Å². The highest BCUT2D eigenvalue weighted by atomic mass is 32.2. The van der Waals surface area contributed by atoms with Crippen LogP contribution in [-0.4, -0.2) is 47.9 Å². The Morgan fingerprint density at radius 1 is 1.08 bits per heavy atom. The van der Waals surface area contributed by atoms with Crippen LogP contribution >= 0.6 is 0 Å². The van der Waals surface area contributed by atoms with Gasteiger partial charge in [0, 0.05) is 11.8 Å². The van der Waals surface area contributed by atoms with Gasteiger partial charge in [0.2, 0.25) is 0 Å². The lowest BCUT2D eigenvalue weighted by atomic mass is 10.1. The second-order valence-electron chi connectivity index (χ2n) is 5.50. The Balaban J connectivity index is 2.14. The molecule has 134 valence electrons. The average Bonchev–Trinajstić information content (AvgIpc) is 3.06. The summed E-state index contributed by atoms with van der Waals surface area (Å²) in [7, 11) is -1.80. The van der Waals surface area contributed by atoms with E-state index in [9.17, 15) is 18.3 Å². The average molecular weight is 373 g/mol. The molecule has 2 aromatic carbocycles. The van der Waals surface area contributed by atoms with Crippen LogP contribution in [0.25, 0.3) is 16.9 Å². The van der Waals surface area contributed by atoms with Crippen LogP contribution < -0.4 is 4.74 Å². The number of hydrogen-bond donors (Lipinski definition) is 1. The molecule has 0 atom stereocenters. The van der Waals surface area contributed by atoms with Crippen LogP contribution in [0.2, 0.25) is 0 Å². The molecule has 1 N–H and O–H groups in total. The van der Waals surface area contributed by atoms with Crippen molar-refractivity contribution < 1.29 is 23.1 Å². The fourth-order valence-corrected chi connectivity index (χ4v) is 3.08. The number of carboxylic acids is 1. The summed E-state index contributed by atoms with van der Waals surface area (Å²) in [5.74, 6) is -0.586. The highest BCUT2D eigenvalue weighted by Gasteiger charge is 2.22. The third kappa shape index (κ3) is 3.29. The van der Waals surface area contributed by atoms with Crippen molar-refractivity contribution in [2.45, 2.75) is 4.90 Å². The van der Waals surface area contributed by atoms with Crippen molar-refractivity contribution in [3.05, 3.63) is 54.2 Å². The Hall–Kier alpha value is -3.20. The Morgan fingerprint density at radius 3 is 2.19 bits per heavy atom. The van der Waals surface area contributed by atoms with Gasteiger partial charge < -0.3 is 9.84 Å². The molecule has 0 amide bonds. The van der Waals surface area contributed by atoms with Crippen molar-refractivity contribution in [2.75, 3.05) is 13.4 Å². The Kier molecular flexibility index (Phi) is 4.47. The molecule has 0 saturated heterocycles. The lowest BCUT2D eigenvalue weighted by molar-refractivity contribution is 0.0691. The predicted octanol–water partition coefficient (Wildman–Crippen LogP) is 2.04. The van der Waals surface area contributed by atoms with Gasteiger partial charge in [0.05, 0.1) is 17.7 Å². The minimum absolute atomic E-state index is 0.158. The number of nitrogens with zero attached hydrogens (tertiary/aromatic N) is 3. The zero-order valence-corrected chi connectivity index (χ0v) is 14.8. The number of hydrogen-bond acceptors (Lipinski definition) is 6. The molecule has 0 unspecified atom stereocenters. The van der Waals surface area contributed by atoms with Crippen LogP contribution in [0.4, 0.5) is 0 Å². The van der Waals surface area contributed by atoms with E-state index < -0.39 is 15.8 Å². The molecule has 1 aromatic heterocycles. The number of carbonyl (C=O) groups is 1. The van der Waals surface area contributed by atoms with Gasteiger partial charge in [-0.05, 0) is 48.5 Å². The molecule has 0 bridgehead atoms. The second-order valence-corrected chi connectivity index (χ2v) is 7.51. The maximum atomic E-state index is 11.6. The maximum absolute atomic E-state index is 11.6. The lowest BCUT2D eigenvalue weighted by Crippen LogP contribution is -2.04. The Labute approximate surface area is 149 Å². The van der Waals surface area contributed by atoms with Gasteiger partial charge >= 0.3 is 5.97 Å². The van der Waals surface area contributed by atoms with Crippen molar-refractivity contribution in [1.29, 1.82) is 0 Å². The van der Waals surface area contributed by atoms with Gasteiger partial charge in [-0.25, -0.2) is 17.9 Å². The third-order valence-electron chi connectivity index (χ3n) is 3.75. The first-order valence-electron chi connectivity index (χ1n) is 7.45. The smallest absolute Gasteiger partial charge is 0.358 e. The van der Waals surface area contributed by atoms with Gasteiger partial charge in [-0.15, -0.1) is 5.10 Å². The summed E-state index contributed by atoms with van der Waals surface area (Å²) < 4.78 is 29.7. The normalized spacial score (nSPS) is 11.3. The molecule has 0 aliphatic heterocycles. The molecule has 9 heteroatoms. The quantitative estimate of drug-likeness (QED) is 0.728. The van der Waals surface area contributed by atoms with Crippen molar-refractivity contribution in [1.82, 2.24) is 15.0 Å². The molecule has 1 heterocycles. The number of benzene rings is 2. The van der Waals surface area contributed by atoms with Gasteiger partial charge in [0.1, 0.15) is 11.4 Å². The van der Waals surface area contributed by atoms with E-state index in [0.717, 1.165) is 6.26 Å². The molecule has 3 rings (SSSR count). The van der Waals surface area contributed by atoms with Crippen LogP contribution in [0.3, 0.4) is 0 Å². The van der Waals surface area contributed by atoms with Gasteiger partial charge in [0.25, 0.3) is 0 Å². The number of carboxylic acid groups (broad SMARTS) is 1. The van der Waals surface area contributed by atoms with E-state index >= 15 is 0 Å². The number of aromatic carboxylic acids is 1. The second kappa shape index (κ2) is 6.60. The van der Waals surface area contributed by atoms with E-state index in [4.69, 9.17) is 4.74 Å². The zero-order valence-electron chi connectivity index (χ0n) is 13.9. The van der Waals surface area contributed by atoms with E-state index in [1.54, 1.807) is 36.4 Å². The Morgan fingerprint density at radius 2 is 1.69 bits per heavy atom. The van der Waals surface area contributed by atoms with E-state index in [0.29, 0.717) is 17.0 Å². The summed E-state index contributed by atoms with van der Waals surface area (Å²) in [5.41, 5.74) is 1.15. The molecular formula is C17H15N3O5S. The summed E-state index contributed by atoms with van der Waals surface area (Å²) in [4.78, 5) is 11.7. The molecule has 0 fully saturated rings. The molecule has 8 nitrogen and oxygen atoms in total. The minimum Gasteiger partial charge on any atom is -0.497 e. The molecule has 0 aliphatic carbocycles. The number of aromatic nitrogens is 3. The summed E-state index contributed by atoms with van der Waals surface area (Å²) in [6.07, 6.45) is 1.11. The van der Waals surface area contributed by atoms with Crippen LogP contribution in [0.1, 0.15) is 10.5 Å². The van der Waals surface area contributed by atoms with Crippen molar-refractivity contribution in [3.8, 4) is 22.7 Å². The predicted molar refractivity (Wildman–Crippen MR) is 93.4 cm³/mol. The summed E-state index contributed by atoms with van der Waals surface area (Å²) in [6.45, 7) is 0. The number of rotatable bonds is 5. The topological polar surface area (TPSA) is 111 Å². The van der Waals surface area contributed by atoms with Crippen LogP contribution in [0, 0.1) is 0 Å². The van der Waals surface area contributed by atoms with Crippen molar-refractivity contribution >= 4 is 15.8 Å². The SMILES string of the molecule is COc1ccc(-c2c(C(=O)O)nnn2-c2ccc(S(C)(=O)=O)cc2)cc1. The first-order chi connectivity index (χ1) is 12.3. The standard InChI is InChI=1S/C17H15N3O5S/c1-25-13-7-3-11(4-8-13)16-15(17(21)22)18-19-20(16)12-5-9-14(10-6-12)26(2,23)24/h3-10H,1-2H3,(H,21,22). The van der Waals surface area contributed by atoms with E-state index in [1.165, 1.54) is 23.9 Å². The van der Waals surface area contributed by atoms with E-state index in [-0.39, 0.29) is 16.3 Å². The third-order valence-corrected chi connectivity index (χ3v) is 4.87. The van der Waals surface area contributed by atoms with Crippen molar-refractivity contribution in [3.63, 3.8) is 0 Å². The highest BCUT2D eigenvalue weighted by molar-refractivity contribution is 7.90. The summed E-state index contributed by atoms with van der Waals surface area (Å²) >= 11 is 0. The largest absolute Gasteiger partial charge is 0.497 e. The molecule has 26 heavy (non-hydrogen) atoms. The lowest BCUT2D eigenvalue weighted by Gasteiger charge is -2.09. The van der Waals surface area contributed by atoms with E-state index in [2.05, 4.69) is 10.3 Å². The van der Waals surface area contributed by atoms with Crippen molar-refractivity contribution in [2.24, 2.45) is 0 Å². The molecule has 0 spiro atoms. The number of sulfone groups is 1. The van der Waals surface area contributed by atoms with E-state index in [1.807, 2.05) is 0 Å². The first kappa shape index (κ1) is 17.6. The van der Waals surface area contributed by atoms with Gasteiger partial charge in [-0.3, -0.25) is 0 Å². The zero-order chi connectivity index (χ0) is 18.9. The maximum Gasteiger partial charge on any atom is 0.358 e. The minimum atomic E-state index is -3.33. The van der Waals surface area contributed by atoms with Gasteiger partial charge in [-0.2, -0.15) is 0 Å².